The van der Waals surface area contributed by atoms with E-state index in [1.54, 1.807) is 17.8 Å². The van der Waals surface area contributed by atoms with E-state index in [-0.39, 0.29) is 17.1 Å². The van der Waals surface area contributed by atoms with E-state index in [0.29, 0.717) is 11.5 Å². The first-order valence-corrected chi connectivity index (χ1v) is 5.83. The van der Waals surface area contributed by atoms with Gasteiger partial charge in [0.2, 0.25) is 5.76 Å². The topological polar surface area (TPSA) is 70.7 Å². The molecule has 4 nitrogen and oxygen atoms in total. The lowest BCUT2D eigenvalue weighted by molar-refractivity contribution is 0.0660. The second-order valence-electron chi connectivity index (χ2n) is 3.57. The van der Waals surface area contributed by atoms with Crippen LogP contribution in [0, 0.1) is 0 Å². The van der Waals surface area contributed by atoms with Gasteiger partial charge in [-0.25, -0.2) is 4.79 Å². The minimum absolute atomic E-state index is 0.0280. The SMILES string of the molecule is O=C(O)c1ccc(CSC2CCC2O)o1. The number of aliphatic hydroxyl groups excluding tert-OH is 1. The van der Waals surface area contributed by atoms with Crippen LogP contribution < -0.4 is 0 Å². The van der Waals surface area contributed by atoms with E-state index >= 15 is 0 Å². The van der Waals surface area contributed by atoms with Crippen LogP contribution in [0.15, 0.2) is 16.5 Å². The summed E-state index contributed by atoms with van der Waals surface area (Å²) >= 11 is 1.61. The van der Waals surface area contributed by atoms with Crippen molar-refractivity contribution in [3.8, 4) is 0 Å². The van der Waals surface area contributed by atoms with E-state index in [9.17, 15) is 9.90 Å². The maximum Gasteiger partial charge on any atom is 0.371 e. The maximum absolute atomic E-state index is 10.5. The molecule has 0 bridgehead atoms. The van der Waals surface area contributed by atoms with Crippen molar-refractivity contribution in [3.63, 3.8) is 0 Å². The van der Waals surface area contributed by atoms with Gasteiger partial charge in [0, 0.05) is 5.25 Å². The van der Waals surface area contributed by atoms with E-state index in [1.165, 1.54) is 6.07 Å². The Labute approximate surface area is 91.3 Å². The predicted molar refractivity (Wildman–Crippen MR) is 56.0 cm³/mol. The Kier molecular flexibility index (Phi) is 3.02. The van der Waals surface area contributed by atoms with Gasteiger partial charge in [-0.3, -0.25) is 0 Å². The fourth-order valence-corrected chi connectivity index (χ4v) is 2.60. The third-order valence-electron chi connectivity index (χ3n) is 2.49. The molecule has 15 heavy (non-hydrogen) atoms. The Morgan fingerprint density at radius 3 is 2.80 bits per heavy atom. The van der Waals surface area contributed by atoms with Crippen LogP contribution in [-0.4, -0.2) is 27.5 Å². The molecule has 0 spiro atoms. The molecule has 1 fully saturated rings. The molecular formula is C10H12O4S. The van der Waals surface area contributed by atoms with E-state index in [1.807, 2.05) is 0 Å². The second-order valence-corrected chi connectivity index (χ2v) is 4.79. The number of rotatable bonds is 4. The van der Waals surface area contributed by atoms with Gasteiger partial charge in [0.1, 0.15) is 5.76 Å². The third kappa shape index (κ3) is 2.35. The van der Waals surface area contributed by atoms with Gasteiger partial charge in [0.25, 0.3) is 0 Å². The van der Waals surface area contributed by atoms with Crippen LogP contribution in [0.4, 0.5) is 0 Å². The molecule has 1 heterocycles. The number of aliphatic hydroxyl groups is 1. The molecule has 1 saturated carbocycles. The van der Waals surface area contributed by atoms with Gasteiger partial charge in [0.05, 0.1) is 11.9 Å². The van der Waals surface area contributed by atoms with E-state index in [0.717, 1.165) is 12.8 Å². The molecule has 5 heteroatoms. The van der Waals surface area contributed by atoms with Crippen molar-refractivity contribution in [1.82, 2.24) is 0 Å². The van der Waals surface area contributed by atoms with Crippen molar-refractivity contribution in [2.45, 2.75) is 29.9 Å². The van der Waals surface area contributed by atoms with Crippen LogP contribution in [-0.2, 0) is 5.75 Å². The van der Waals surface area contributed by atoms with Gasteiger partial charge >= 0.3 is 5.97 Å². The van der Waals surface area contributed by atoms with Gasteiger partial charge in [-0.05, 0) is 25.0 Å². The zero-order chi connectivity index (χ0) is 10.8. The Morgan fingerprint density at radius 2 is 2.33 bits per heavy atom. The van der Waals surface area contributed by atoms with Crippen LogP contribution in [0.1, 0.15) is 29.2 Å². The number of carbonyl (C=O) groups is 1. The fourth-order valence-electron chi connectivity index (χ4n) is 1.41. The average Bonchev–Trinajstić information content (AvgIpc) is 2.64. The summed E-state index contributed by atoms with van der Waals surface area (Å²) in [5.41, 5.74) is 0. The fraction of sp³-hybridized carbons (Fsp3) is 0.500. The van der Waals surface area contributed by atoms with Crippen molar-refractivity contribution in [1.29, 1.82) is 0 Å². The number of thioether (sulfide) groups is 1. The molecule has 2 rings (SSSR count). The van der Waals surface area contributed by atoms with Crippen LogP contribution in [0.2, 0.25) is 0 Å². The predicted octanol–water partition coefficient (Wildman–Crippen LogP) is 1.73. The van der Waals surface area contributed by atoms with Crippen molar-refractivity contribution < 1.29 is 19.4 Å². The first-order valence-electron chi connectivity index (χ1n) is 4.78. The van der Waals surface area contributed by atoms with Crippen LogP contribution >= 0.6 is 11.8 Å². The highest BCUT2D eigenvalue weighted by atomic mass is 32.2. The summed E-state index contributed by atoms with van der Waals surface area (Å²) in [6.45, 7) is 0. The number of carboxylic acid groups (broad SMARTS) is 1. The van der Waals surface area contributed by atoms with Crippen molar-refractivity contribution >= 4 is 17.7 Å². The highest BCUT2D eigenvalue weighted by molar-refractivity contribution is 7.99. The standard InChI is InChI=1S/C10H12O4S/c11-7-2-4-9(7)15-5-6-1-3-8(14-6)10(12)13/h1,3,7,9,11H,2,4-5H2,(H,12,13). The number of furan rings is 1. The molecule has 1 aromatic rings. The average molecular weight is 228 g/mol. The summed E-state index contributed by atoms with van der Waals surface area (Å²) in [6, 6.07) is 3.12. The molecule has 1 aliphatic rings. The molecule has 2 unspecified atom stereocenters. The number of hydrogen-bond acceptors (Lipinski definition) is 4. The van der Waals surface area contributed by atoms with Gasteiger partial charge in [-0.15, -0.1) is 11.8 Å². The Morgan fingerprint density at radius 1 is 1.53 bits per heavy atom. The highest BCUT2D eigenvalue weighted by Gasteiger charge is 2.29. The minimum Gasteiger partial charge on any atom is -0.475 e. The number of hydrogen-bond donors (Lipinski definition) is 2. The molecule has 2 atom stereocenters. The minimum atomic E-state index is -1.05. The zero-order valence-electron chi connectivity index (χ0n) is 8.05. The molecule has 0 aliphatic heterocycles. The second kappa shape index (κ2) is 4.28. The molecule has 1 aromatic heterocycles. The maximum atomic E-state index is 10.5. The van der Waals surface area contributed by atoms with Gasteiger partial charge in [-0.1, -0.05) is 0 Å². The summed E-state index contributed by atoms with van der Waals surface area (Å²) in [7, 11) is 0. The highest BCUT2D eigenvalue weighted by Crippen LogP contribution is 2.33. The van der Waals surface area contributed by atoms with Gasteiger partial charge in [0.15, 0.2) is 0 Å². The zero-order valence-corrected chi connectivity index (χ0v) is 8.87. The lowest BCUT2D eigenvalue weighted by atomic mass is 9.96. The molecule has 0 radical (unpaired) electrons. The third-order valence-corrected chi connectivity index (χ3v) is 3.92. The van der Waals surface area contributed by atoms with Crippen LogP contribution in [0.5, 0.6) is 0 Å². The van der Waals surface area contributed by atoms with Crippen molar-refractivity contribution in [2.24, 2.45) is 0 Å². The summed E-state index contributed by atoms with van der Waals surface area (Å²) in [4.78, 5) is 10.5. The molecule has 0 amide bonds. The quantitative estimate of drug-likeness (QED) is 0.821. The Balaban J connectivity index is 1.85. The largest absolute Gasteiger partial charge is 0.475 e. The number of aromatic carboxylic acids is 1. The number of carboxylic acids is 1. The lowest BCUT2D eigenvalue weighted by Crippen LogP contribution is -2.33. The first kappa shape index (κ1) is 10.6. The molecule has 0 saturated heterocycles. The van der Waals surface area contributed by atoms with Crippen molar-refractivity contribution in [3.05, 3.63) is 23.7 Å². The summed E-state index contributed by atoms with van der Waals surface area (Å²) < 4.78 is 5.10. The van der Waals surface area contributed by atoms with Gasteiger partial charge in [-0.2, -0.15) is 0 Å². The Hall–Kier alpha value is -0.940. The van der Waals surface area contributed by atoms with E-state index < -0.39 is 5.97 Å². The molecule has 82 valence electrons. The molecule has 1 aliphatic carbocycles. The summed E-state index contributed by atoms with van der Waals surface area (Å²) in [6.07, 6.45) is 1.69. The molecule has 0 aromatic carbocycles. The van der Waals surface area contributed by atoms with Crippen LogP contribution in [0.25, 0.3) is 0 Å². The summed E-state index contributed by atoms with van der Waals surface area (Å²) in [5, 5.41) is 18.2. The van der Waals surface area contributed by atoms with E-state index in [4.69, 9.17) is 9.52 Å². The Bertz CT molecular complexity index is 360. The smallest absolute Gasteiger partial charge is 0.371 e. The summed E-state index contributed by atoms with van der Waals surface area (Å²) in [5.74, 6) is 0.195. The molecule has 2 N–H and O–H groups in total. The van der Waals surface area contributed by atoms with E-state index in [2.05, 4.69) is 0 Å². The monoisotopic (exact) mass is 228 g/mol. The first-order chi connectivity index (χ1) is 7.16. The normalized spacial score (nSPS) is 24.9. The van der Waals surface area contributed by atoms with Gasteiger partial charge < -0.3 is 14.6 Å². The van der Waals surface area contributed by atoms with Crippen molar-refractivity contribution in [2.75, 3.05) is 0 Å². The molecular weight excluding hydrogens is 216 g/mol. The van der Waals surface area contributed by atoms with Crippen LogP contribution in [0.3, 0.4) is 0 Å². The lowest BCUT2D eigenvalue weighted by Gasteiger charge is -2.31.